The van der Waals surface area contributed by atoms with Crippen molar-refractivity contribution in [2.45, 2.75) is 39.6 Å². The maximum atomic E-state index is 10.6. The van der Waals surface area contributed by atoms with Crippen molar-refractivity contribution >= 4 is 85.7 Å². The summed E-state index contributed by atoms with van der Waals surface area (Å²) in [5.41, 5.74) is 7.70. The number of hydrogen-bond acceptors (Lipinski definition) is 15. The van der Waals surface area contributed by atoms with Crippen molar-refractivity contribution in [1.29, 1.82) is 15.8 Å². The van der Waals surface area contributed by atoms with Crippen LogP contribution in [0, 0.1) is 47.1 Å². The first kappa shape index (κ1) is 70.9. The smallest absolute Gasteiger partial charge is 1.00 e. The molecule has 4 aromatic carbocycles. The molecule has 6 aromatic rings. The third kappa shape index (κ3) is 24.0. The Morgan fingerprint density at radius 2 is 1.21 bits per heavy atom. The Bertz CT molecular complexity index is 3130. The Kier molecular flexibility index (Phi) is 34.8. The van der Waals surface area contributed by atoms with Crippen LogP contribution >= 0.6 is 46.4 Å². The molecule has 2 aliphatic heterocycles. The van der Waals surface area contributed by atoms with Gasteiger partial charge in [0.1, 0.15) is 6.61 Å². The molecular weight excluding hydrogens is 1140 g/mol. The molecule has 1 N–H and O–H groups in total. The predicted octanol–water partition coefficient (Wildman–Crippen LogP) is 4.72. The van der Waals surface area contributed by atoms with Gasteiger partial charge in [-0.1, -0.05) is 90.2 Å². The average Bonchev–Trinajstić information content (AvgIpc) is 3.42. The third-order valence-electron chi connectivity index (χ3n) is 10.7. The van der Waals surface area contributed by atoms with Gasteiger partial charge in [0.25, 0.3) is 16.6 Å². The van der Waals surface area contributed by atoms with Gasteiger partial charge in [0.2, 0.25) is 11.4 Å². The van der Waals surface area contributed by atoms with Crippen molar-refractivity contribution in [2.75, 3.05) is 55.3 Å². The number of benzene rings is 4. The topological polar surface area (TPSA) is 220 Å². The predicted molar refractivity (Wildman–Crippen MR) is 290 cm³/mol. The first-order valence-corrected chi connectivity index (χ1v) is 25.3. The molecule has 0 amide bonds. The van der Waals surface area contributed by atoms with Gasteiger partial charge in [0, 0.05) is 75.2 Å². The van der Waals surface area contributed by atoms with Crippen molar-refractivity contribution in [3.63, 3.8) is 0 Å². The van der Waals surface area contributed by atoms with Gasteiger partial charge >= 0.3 is 103 Å². The van der Waals surface area contributed by atoms with Crippen LogP contribution in [0.25, 0.3) is 9.69 Å². The summed E-state index contributed by atoms with van der Waals surface area (Å²) in [7, 11) is -3.44. The molecule has 390 valence electrons. The van der Waals surface area contributed by atoms with Crippen LogP contribution in [0.3, 0.4) is 0 Å². The number of halogens is 4. The molecule has 0 radical (unpaired) electrons. The number of hydrogen-bond donors (Lipinski definition) is 1. The molecule has 2 fully saturated rings. The number of piperazine rings is 2. The number of aromatic nitrogens is 2. The Balaban J connectivity index is 0.00000111. The van der Waals surface area contributed by atoms with E-state index in [1.54, 1.807) is 48.7 Å². The quantitative estimate of drug-likeness (QED) is 0.0490. The summed E-state index contributed by atoms with van der Waals surface area (Å²) >= 11 is 25.0. The number of nitrogens with one attached hydrogen (secondary N) is 1. The van der Waals surface area contributed by atoms with Crippen LogP contribution in [0.4, 0.5) is 22.7 Å². The van der Waals surface area contributed by atoms with Crippen molar-refractivity contribution in [2.24, 2.45) is 0 Å². The van der Waals surface area contributed by atoms with E-state index in [0.717, 1.165) is 73.2 Å². The van der Waals surface area contributed by atoms with Crippen LogP contribution < -0.4 is 123 Å². The van der Waals surface area contributed by atoms with Crippen molar-refractivity contribution < 1.29 is 132 Å². The van der Waals surface area contributed by atoms with Crippen LogP contribution in [-0.4, -0.2) is 75.3 Å². The van der Waals surface area contributed by atoms with E-state index >= 15 is 0 Å². The van der Waals surface area contributed by atoms with E-state index in [-0.39, 0.29) is 137 Å². The molecule has 77 heavy (non-hydrogen) atoms. The van der Waals surface area contributed by atoms with E-state index < -0.39 is 10.1 Å². The fourth-order valence-electron chi connectivity index (χ4n) is 7.38. The fourth-order valence-corrected chi connectivity index (χ4v) is 8.54. The van der Waals surface area contributed by atoms with Crippen LogP contribution in [-0.2, 0) is 37.1 Å². The van der Waals surface area contributed by atoms with E-state index in [0.29, 0.717) is 49.8 Å². The molecule has 2 atom stereocenters. The van der Waals surface area contributed by atoms with Gasteiger partial charge < -0.3 is 26.7 Å². The molecular formula is C53H51Cl4K2N11O6S. The van der Waals surface area contributed by atoms with Gasteiger partial charge in [0.15, 0.2) is 0 Å². The van der Waals surface area contributed by atoms with Gasteiger partial charge in [-0.3, -0.25) is 23.8 Å². The van der Waals surface area contributed by atoms with Crippen molar-refractivity contribution in [3.05, 3.63) is 198 Å². The maximum Gasteiger partial charge on any atom is 1.00 e. The number of rotatable bonds is 10. The minimum atomic E-state index is -3.44. The minimum Gasteiger partial charge on any atom is -1.00 e. The van der Waals surface area contributed by atoms with Crippen LogP contribution in [0.2, 0.25) is 20.1 Å². The number of pyridine rings is 2. The summed E-state index contributed by atoms with van der Waals surface area (Å²) in [6.45, 7) is 20.6. The summed E-state index contributed by atoms with van der Waals surface area (Å²) < 4.78 is 25.8. The standard InChI is InChI=1S/C24H19Cl2N5.C17H15Cl2N3.C8H8N2O3S.C2H3N.CH2O3.CH4.2K.H/c1-28-20-7-8-21(29-14-20)15-30-10-11-31(23-9-2-17(13-27)12-22(23)26)24(16-30)18-3-5-19(25)6-4-18;18-14-4-2-13(3-5-14)17-11-21-7-8-22(17)16-6-1-12(10-20)9-15(16)19;1-9-7-3-4-8(10-5-7)6-13-14(2,11)12;1-2-3;2-1-4-3;;;;/h2-9,12,14,24H,10-11,15-16H2;1-6,9,17,21H,7-8,11H2;3-5H,6H2,2H3;1H3;1,3H;1H4;;;/q;;;;;;2*+1;-1/p-1/t24-;17-;;;;;;;/m00......./s1. The first-order chi connectivity index (χ1) is 35.6. The van der Waals surface area contributed by atoms with Gasteiger partial charge in [-0.05, 0) is 83.9 Å². The van der Waals surface area contributed by atoms with Gasteiger partial charge in [-0.15, -0.1) is 0 Å². The van der Waals surface area contributed by atoms with Crippen LogP contribution in [0.1, 0.15) is 61.5 Å². The zero-order valence-corrected chi connectivity index (χ0v) is 51.9. The Hall–Kier alpha value is -4.08. The molecule has 0 spiro atoms. The van der Waals surface area contributed by atoms with Gasteiger partial charge in [-0.2, -0.15) is 24.2 Å². The largest absolute Gasteiger partial charge is 1.00 e. The molecule has 0 unspecified atom stereocenters. The molecule has 0 aliphatic carbocycles. The number of nitrogens with zero attached hydrogens (tertiary/aromatic N) is 10. The molecule has 2 aromatic heterocycles. The zero-order valence-electron chi connectivity index (χ0n) is 42.8. The number of carbonyl (C=O) groups excluding carboxylic acids is 1. The summed E-state index contributed by atoms with van der Waals surface area (Å²) in [6, 6.07) is 39.8. The minimum absolute atomic E-state index is 0. The van der Waals surface area contributed by atoms with Gasteiger partial charge in [0.05, 0.1) is 93.6 Å². The van der Waals surface area contributed by atoms with E-state index in [1.165, 1.54) is 18.7 Å². The summed E-state index contributed by atoms with van der Waals surface area (Å²) in [6.07, 6.45) is 3.96. The molecule has 2 aliphatic rings. The SMILES string of the molecule is C.CC#N.N#Cc1ccc(N2CCNC[C@H]2c2ccc(Cl)cc2)c(Cl)c1.O=CO[O-].[C-]#[N+]c1ccc(CN2CCN(c3ccc(C#N)cc3Cl)[C@H](c3ccc(Cl)cc3)C2)nc1.[C-]#[N+]c1ccc(COS(C)(=O)=O)nc1.[H-].[K+].[K+]. The Labute approximate surface area is 557 Å². The average molecular weight is 1190 g/mol. The summed E-state index contributed by atoms with van der Waals surface area (Å²) in [5, 5.41) is 39.9. The van der Waals surface area contributed by atoms with E-state index in [2.05, 4.69) is 60.9 Å². The molecule has 8 rings (SSSR count). The second-order valence-corrected chi connectivity index (χ2v) is 19.0. The van der Waals surface area contributed by atoms with Crippen molar-refractivity contribution in [3.8, 4) is 18.2 Å². The number of carbonyl (C=O) groups is 1. The molecule has 24 heteroatoms. The molecule has 2 saturated heterocycles. The van der Waals surface area contributed by atoms with Crippen molar-refractivity contribution in [1.82, 2.24) is 20.2 Å². The van der Waals surface area contributed by atoms with E-state index in [1.807, 2.05) is 72.8 Å². The maximum absolute atomic E-state index is 10.6. The van der Waals surface area contributed by atoms with Crippen LogP contribution in [0.15, 0.2) is 122 Å². The van der Waals surface area contributed by atoms with Crippen LogP contribution in [0.5, 0.6) is 0 Å². The second-order valence-electron chi connectivity index (χ2n) is 15.6. The molecule has 0 bridgehead atoms. The number of anilines is 2. The van der Waals surface area contributed by atoms with E-state index in [4.69, 9.17) is 85.4 Å². The molecule has 4 heterocycles. The van der Waals surface area contributed by atoms with E-state index in [9.17, 15) is 8.42 Å². The molecule has 0 saturated carbocycles. The second kappa shape index (κ2) is 37.7. The fraction of sp³-hybridized carbons (Fsp3) is 0.245. The monoisotopic (exact) mass is 1190 g/mol. The molecule has 17 nitrogen and oxygen atoms in total. The Morgan fingerprint density at radius 1 is 0.753 bits per heavy atom. The summed E-state index contributed by atoms with van der Waals surface area (Å²) in [4.78, 5) is 33.0. The number of nitriles is 3. The third-order valence-corrected chi connectivity index (χ3v) is 12.4. The van der Waals surface area contributed by atoms with Gasteiger partial charge in [-0.25, -0.2) is 9.69 Å². The normalized spacial score (nSPS) is 14.2. The summed E-state index contributed by atoms with van der Waals surface area (Å²) in [5.74, 6) is 0. The first-order valence-electron chi connectivity index (χ1n) is 22.0. The zero-order chi connectivity index (χ0) is 54.0. The Morgan fingerprint density at radius 3 is 1.61 bits per heavy atom.